The molecule has 0 aliphatic carbocycles. The maximum atomic E-state index is 12.4. The van der Waals surface area contributed by atoms with Crippen molar-refractivity contribution in [2.24, 2.45) is 17.3 Å². The highest BCUT2D eigenvalue weighted by Crippen LogP contribution is 2.29. The van der Waals surface area contributed by atoms with Gasteiger partial charge in [-0.25, -0.2) is 0 Å². The molecule has 0 spiro atoms. The summed E-state index contributed by atoms with van der Waals surface area (Å²) in [5.41, 5.74) is 0.610. The Balaban J connectivity index is 2.56. The molecule has 1 aromatic carbocycles. The quantitative estimate of drug-likeness (QED) is 0.663. The number of hydrogen-bond acceptors (Lipinski definition) is 3. The second-order valence-corrected chi connectivity index (χ2v) is 7.03. The first kappa shape index (κ1) is 19.6. The number of carbonyl (C=O) groups is 1. The van der Waals surface area contributed by atoms with Gasteiger partial charge in [-0.15, -0.1) is 6.58 Å². The van der Waals surface area contributed by atoms with E-state index < -0.39 is 17.4 Å². The first-order valence-corrected chi connectivity index (χ1v) is 8.24. The molecule has 0 aliphatic rings. The van der Waals surface area contributed by atoms with Crippen molar-refractivity contribution in [2.45, 2.75) is 46.8 Å². The standard InChI is InChI=1S/C20H30O3/c1-6-10-15(2)18(21)16(3)19(22)20(4,5)14-23-13-17-11-8-7-9-12-17/h6-9,11-12,15-16,19,22H,1,10,13-14H2,2-5H3/t15-,16+,19+/m0/s1. The molecule has 0 saturated carbocycles. The van der Waals surface area contributed by atoms with Gasteiger partial charge in [-0.2, -0.15) is 0 Å². The molecule has 0 amide bonds. The lowest BCUT2D eigenvalue weighted by Gasteiger charge is -2.34. The van der Waals surface area contributed by atoms with Crippen LogP contribution in [-0.4, -0.2) is 23.6 Å². The molecule has 1 aromatic rings. The van der Waals surface area contributed by atoms with Crippen molar-refractivity contribution in [1.82, 2.24) is 0 Å². The minimum atomic E-state index is -0.738. The molecule has 0 unspecified atom stereocenters. The maximum absolute atomic E-state index is 12.4. The van der Waals surface area contributed by atoms with Gasteiger partial charge >= 0.3 is 0 Å². The minimum absolute atomic E-state index is 0.0773. The van der Waals surface area contributed by atoms with E-state index in [1.807, 2.05) is 51.1 Å². The summed E-state index contributed by atoms with van der Waals surface area (Å²) < 4.78 is 5.76. The summed E-state index contributed by atoms with van der Waals surface area (Å²) in [7, 11) is 0. The van der Waals surface area contributed by atoms with Crippen molar-refractivity contribution < 1.29 is 14.6 Å². The van der Waals surface area contributed by atoms with Gasteiger partial charge in [0.15, 0.2) is 0 Å². The average Bonchev–Trinajstić information content (AvgIpc) is 2.53. The van der Waals surface area contributed by atoms with Crippen LogP contribution in [0.25, 0.3) is 0 Å². The van der Waals surface area contributed by atoms with Crippen LogP contribution in [0, 0.1) is 17.3 Å². The molecule has 128 valence electrons. The second-order valence-electron chi connectivity index (χ2n) is 7.03. The first-order chi connectivity index (χ1) is 10.8. The third kappa shape index (κ3) is 5.92. The summed E-state index contributed by atoms with van der Waals surface area (Å²) in [6.07, 6.45) is 1.65. The Labute approximate surface area is 140 Å². The van der Waals surface area contributed by atoms with E-state index in [-0.39, 0.29) is 11.7 Å². The zero-order valence-electron chi connectivity index (χ0n) is 14.8. The summed E-state index contributed by atoms with van der Waals surface area (Å²) in [4.78, 5) is 12.4. The molecule has 1 N–H and O–H groups in total. The number of aliphatic hydroxyl groups is 1. The summed E-state index contributed by atoms with van der Waals surface area (Å²) in [6.45, 7) is 12.1. The van der Waals surface area contributed by atoms with Gasteiger partial charge in [0, 0.05) is 17.3 Å². The van der Waals surface area contributed by atoms with Gasteiger partial charge in [-0.05, 0) is 12.0 Å². The predicted octanol–water partition coefficient (Wildman–Crippen LogP) is 4.01. The van der Waals surface area contributed by atoms with Gasteiger partial charge < -0.3 is 9.84 Å². The smallest absolute Gasteiger partial charge is 0.141 e. The van der Waals surface area contributed by atoms with E-state index in [1.165, 1.54) is 0 Å². The van der Waals surface area contributed by atoms with Crippen molar-refractivity contribution in [2.75, 3.05) is 6.61 Å². The summed E-state index contributed by atoms with van der Waals surface area (Å²) in [5.74, 6) is -0.452. The highest BCUT2D eigenvalue weighted by atomic mass is 16.5. The van der Waals surface area contributed by atoms with Crippen LogP contribution in [0.5, 0.6) is 0 Å². The van der Waals surface area contributed by atoms with E-state index in [0.717, 1.165) is 5.56 Å². The van der Waals surface area contributed by atoms with Crippen LogP contribution in [0.15, 0.2) is 43.0 Å². The number of rotatable bonds is 10. The van der Waals surface area contributed by atoms with E-state index in [9.17, 15) is 9.90 Å². The van der Waals surface area contributed by atoms with Gasteiger partial charge in [0.2, 0.25) is 0 Å². The molecule has 3 heteroatoms. The molecule has 3 nitrogen and oxygen atoms in total. The van der Waals surface area contributed by atoms with Crippen LogP contribution in [0.3, 0.4) is 0 Å². The van der Waals surface area contributed by atoms with Crippen molar-refractivity contribution in [3.63, 3.8) is 0 Å². The summed E-state index contributed by atoms with van der Waals surface area (Å²) >= 11 is 0. The fourth-order valence-electron chi connectivity index (χ4n) is 2.74. The molecule has 0 heterocycles. The van der Waals surface area contributed by atoms with Gasteiger partial charge in [0.05, 0.1) is 19.3 Å². The number of hydrogen-bond donors (Lipinski definition) is 1. The van der Waals surface area contributed by atoms with E-state index in [4.69, 9.17) is 4.74 Å². The van der Waals surface area contributed by atoms with Crippen LogP contribution in [0.2, 0.25) is 0 Å². The fraction of sp³-hybridized carbons (Fsp3) is 0.550. The van der Waals surface area contributed by atoms with Crippen LogP contribution < -0.4 is 0 Å². The lowest BCUT2D eigenvalue weighted by molar-refractivity contribution is -0.134. The van der Waals surface area contributed by atoms with Crippen LogP contribution in [0.1, 0.15) is 39.7 Å². The lowest BCUT2D eigenvalue weighted by Crippen LogP contribution is -2.42. The second kappa shape index (κ2) is 8.99. The lowest BCUT2D eigenvalue weighted by atomic mass is 9.77. The molecular weight excluding hydrogens is 288 g/mol. The Bertz CT molecular complexity index is 493. The summed E-state index contributed by atoms with van der Waals surface area (Å²) in [6, 6.07) is 9.93. The minimum Gasteiger partial charge on any atom is -0.392 e. The molecule has 1 rings (SSSR count). The highest BCUT2D eigenvalue weighted by Gasteiger charge is 2.36. The number of benzene rings is 1. The Morgan fingerprint density at radius 3 is 2.48 bits per heavy atom. The van der Waals surface area contributed by atoms with Gasteiger partial charge in [-0.3, -0.25) is 4.79 Å². The number of allylic oxidation sites excluding steroid dienone is 1. The Hall–Kier alpha value is -1.45. The zero-order chi connectivity index (χ0) is 17.5. The molecule has 23 heavy (non-hydrogen) atoms. The number of aliphatic hydroxyl groups excluding tert-OH is 1. The number of ketones is 1. The predicted molar refractivity (Wildman–Crippen MR) is 94.0 cm³/mol. The van der Waals surface area contributed by atoms with Gasteiger partial charge in [-0.1, -0.05) is 64.1 Å². The maximum Gasteiger partial charge on any atom is 0.141 e. The molecular formula is C20H30O3. The van der Waals surface area contributed by atoms with Crippen molar-refractivity contribution >= 4 is 5.78 Å². The Morgan fingerprint density at radius 1 is 1.30 bits per heavy atom. The van der Waals surface area contributed by atoms with Crippen molar-refractivity contribution in [3.8, 4) is 0 Å². The fourth-order valence-corrected chi connectivity index (χ4v) is 2.74. The van der Waals surface area contributed by atoms with E-state index in [1.54, 1.807) is 13.0 Å². The van der Waals surface area contributed by atoms with Crippen LogP contribution in [0.4, 0.5) is 0 Å². The van der Waals surface area contributed by atoms with Gasteiger partial charge in [0.1, 0.15) is 5.78 Å². The molecule has 0 saturated heterocycles. The monoisotopic (exact) mass is 318 g/mol. The largest absolute Gasteiger partial charge is 0.392 e. The molecule has 0 bridgehead atoms. The molecule has 0 aliphatic heterocycles. The van der Waals surface area contributed by atoms with Gasteiger partial charge in [0.25, 0.3) is 0 Å². The van der Waals surface area contributed by atoms with Crippen molar-refractivity contribution in [1.29, 1.82) is 0 Å². The first-order valence-electron chi connectivity index (χ1n) is 8.24. The third-order valence-electron chi connectivity index (χ3n) is 4.31. The average molecular weight is 318 g/mol. The number of carbonyl (C=O) groups excluding carboxylic acids is 1. The Morgan fingerprint density at radius 2 is 1.91 bits per heavy atom. The number of Topliss-reactive ketones (excluding diaryl/α,β-unsaturated/α-hetero) is 1. The van der Waals surface area contributed by atoms with Crippen LogP contribution in [-0.2, 0) is 16.1 Å². The molecule has 0 aromatic heterocycles. The third-order valence-corrected chi connectivity index (χ3v) is 4.31. The topological polar surface area (TPSA) is 46.5 Å². The van der Waals surface area contributed by atoms with E-state index in [2.05, 4.69) is 6.58 Å². The normalized spacial score (nSPS) is 15.7. The molecule has 3 atom stereocenters. The van der Waals surface area contributed by atoms with E-state index >= 15 is 0 Å². The van der Waals surface area contributed by atoms with E-state index in [0.29, 0.717) is 19.6 Å². The molecule has 0 fully saturated rings. The molecule has 0 radical (unpaired) electrons. The zero-order valence-corrected chi connectivity index (χ0v) is 14.8. The SMILES string of the molecule is C=CC[C@H](C)C(=O)[C@@H](C)[C@@H](O)C(C)(C)COCc1ccccc1. The highest BCUT2D eigenvalue weighted by molar-refractivity contribution is 5.83. The van der Waals surface area contributed by atoms with Crippen LogP contribution >= 0.6 is 0 Å². The number of ether oxygens (including phenoxy) is 1. The Kier molecular flexibility index (Phi) is 7.66. The summed E-state index contributed by atoms with van der Waals surface area (Å²) in [5, 5.41) is 10.6. The van der Waals surface area contributed by atoms with Crippen molar-refractivity contribution in [3.05, 3.63) is 48.6 Å².